The van der Waals surface area contributed by atoms with Gasteiger partial charge >= 0.3 is 0 Å². The number of carbonyl (C=O) groups excluding carboxylic acids is 1. The van der Waals surface area contributed by atoms with Gasteiger partial charge in [0.25, 0.3) is 5.91 Å². The van der Waals surface area contributed by atoms with E-state index >= 15 is 0 Å². The molecule has 1 atom stereocenters. The molecule has 0 spiro atoms. The topological polar surface area (TPSA) is 95.3 Å². The average Bonchev–Trinajstić information content (AvgIpc) is 3.09. The van der Waals surface area contributed by atoms with Crippen molar-refractivity contribution in [2.45, 2.75) is 32.3 Å². The van der Waals surface area contributed by atoms with Gasteiger partial charge < -0.3 is 14.4 Å². The van der Waals surface area contributed by atoms with Gasteiger partial charge in [-0.1, -0.05) is 0 Å². The van der Waals surface area contributed by atoms with Gasteiger partial charge in [0.05, 0.1) is 24.6 Å². The summed E-state index contributed by atoms with van der Waals surface area (Å²) in [4.78, 5) is 14.3. The second-order valence-electron chi connectivity index (χ2n) is 5.57. The number of aryl methyl sites for hydroxylation is 2. The number of nitrogens with zero attached hydrogens (tertiary/aromatic N) is 3. The summed E-state index contributed by atoms with van der Waals surface area (Å²) >= 11 is 0. The lowest BCUT2D eigenvalue weighted by Crippen LogP contribution is -2.49. The number of nitrogens with one attached hydrogen (secondary N) is 1. The van der Waals surface area contributed by atoms with Gasteiger partial charge in [0, 0.05) is 12.1 Å². The van der Waals surface area contributed by atoms with Crippen molar-refractivity contribution in [3.63, 3.8) is 0 Å². The summed E-state index contributed by atoms with van der Waals surface area (Å²) in [6.45, 7) is 4.44. The molecule has 2 aromatic heterocycles. The lowest BCUT2D eigenvalue weighted by atomic mass is 9.89. The Labute approximate surface area is 121 Å². The molecular formula is C14H18N4O3. The molecule has 1 fully saturated rings. The summed E-state index contributed by atoms with van der Waals surface area (Å²) in [5.41, 5.74) is 0.722. The maximum atomic E-state index is 12.7. The monoisotopic (exact) mass is 290 g/mol. The van der Waals surface area contributed by atoms with E-state index in [2.05, 4.69) is 15.4 Å². The molecule has 0 aromatic carbocycles. The van der Waals surface area contributed by atoms with E-state index in [1.807, 2.05) is 6.92 Å². The van der Waals surface area contributed by atoms with Gasteiger partial charge in [-0.05, 0) is 26.7 Å². The van der Waals surface area contributed by atoms with Crippen LogP contribution < -0.4 is 0 Å². The van der Waals surface area contributed by atoms with Gasteiger partial charge in [0.2, 0.25) is 0 Å². The van der Waals surface area contributed by atoms with Crippen LogP contribution in [0.1, 0.15) is 40.2 Å². The number of likely N-dealkylation sites (tertiary alicyclic amines) is 1. The predicted molar refractivity (Wildman–Crippen MR) is 73.6 cm³/mol. The molecular weight excluding hydrogens is 272 g/mol. The first kappa shape index (κ1) is 13.8. The van der Waals surface area contributed by atoms with Crippen molar-refractivity contribution >= 4 is 5.91 Å². The lowest BCUT2D eigenvalue weighted by Gasteiger charge is -2.38. The Balaban J connectivity index is 1.85. The van der Waals surface area contributed by atoms with Gasteiger partial charge in [-0.15, -0.1) is 0 Å². The van der Waals surface area contributed by atoms with Crippen molar-refractivity contribution in [2.75, 3.05) is 13.1 Å². The number of H-pyrrole nitrogens is 1. The van der Waals surface area contributed by atoms with E-state index in [1.54, 1.807) is 18.1 Å². The summed E-state index contributed by atoms with van der Waals surface area (Å²) in [6, 6.07) is 0. The number of piperidine rings is 1. The summed E-state index contributed by atoms with van der Waals surface area (Å²) in [7, 11) is 0. The van der Waals surface area contributed by atoms with E-state index in [9.17, 15) is 9.90 Å². The van der Waals surface area contributed by atoms with Crippen LogP contribution in [0, 0.1) is 13.8 Å². The van der Waals surface area contributed by atoms with Crippen molar-refractivity contribution < 1.29 is 14.3 Å². The van der Waals surface area contributed by atoms with Crippen molar-refractivity contribution in [3.05, 3.63) is 35.0 Å². The summed E-state index contributed by atoms with van der Waals surface area (Å²) < 4.78 is 5.29. The molecule has 0 saturated carbocycles. The average molecular weight is 290 g/mol. The standard InChI is InChI=1S/C14H18N4O3/c1-9-7-21-10(2)12(9)13(19)18-5-3-4-14(20,8-18)11-6-15-17-16-11/h6-7,20H,3-5,8H2,1-2H3,(H,15,16,17)/t14-/m1/s1. The highest BCUT2D eigenvalue weighted by atomic mass is 16.3. The largest absolute Gasteiger partial charge is 0.469 e. The second kappa shape index (κ2) is 5.00. The minimum Gasteiger partial charge on any atom is -0.469 e. The Kier molecular flexibility index (Phi) is 3.29. The summed E-state index contributed by atoms with van der Waals surface area (Å²) in [5.74, 6) is 0.494. The molecule has 1 saturated heterocycles. The van der Waals surface area contributed by atoms with E-state index in [1.165, 1.54) is 6.20 Å². The van der Waals surface area contributed by atoms with E-state index in [0.29, 0.717) is 36.4 Å². The number of aromatic amines is 1. The maximum Gasteiger partial charge on any atom is 0.257 e. The number of hydrogen-bond acceptors (Lipinski definition) is 5. The molecule has 3 heterocycles. The zero-order valence-electron chi connectivity index (χ0n) is 12.1. The zero-order valence-corrected chi connectivity index (χ0v) is 12.1. The molecule has 7 nitrogen and oxygen atoms in total. The maximum absolute atomic E-state index is 12.7. The molecule has 1 amide bonds. The van der Waals surface area contributed by atoms with Gasteiger partial charge in [-0.2, -0.15) is 15.4 Å². The SMILES string of the molecule is Cc1coc(C)c1C(=O)N1CCC[C@](O)(c2cn[nH]n2)C1. The number of aliphatic hydroxyl groups is 1. The van der Waals surface area contributed by atoms with E-state index < -0.39 is 5.60 Å². The van der Waals surface area contributed by atoms with Crippen LogP contribution in [0.25, 0.3) is 0 Å². The van der Waals surface area contributed by atoms with Crippen molar-refractivity contribution in [3.8, 4) is 0 Å². The van der Waals surface area contributed by atoms with Crippen LogP contribution in [-0.2, 0) is 5.60 Å². The molecule has 1 aliphatic rings. The van der Waals surface area contributed by atoms with Crippen LogP contribution in [-0.4, -0.2) is 44.4 Å². The predicted octanol–water partition coefficient (Wildman–Crippen LogP) is 1.14. The third kappa shape index (κ3) is 2.33. The molecule has 7 heteroatoms. The molecule has 0 unspecified atom stereocenters. The zero-order chi connectivity index (χ0) is 15.0. The van der Waals surface area contributed by atoms with Crippen molar-refractivity contribution in [1.82, 2.24) is 20.3 Å². The minimum absolute atomic E-state index is 0.111. The van der Waals surface area contributed by atoms with Gasteiger partial charge in [0.15, 0.2) is 0 Å². The van der Waals surface area contributed by atoms with Gasteiger partial charge in [-0.3, -0.25) is 4.79 Å². The molecule has 21 heavy (non-hydrogen) atoms. The molecule has 1 aliphatic heterocycles. The Morgan fingerprint density at radius 1 is 1.52 bits per heavy atom. The van der Waals surface area contributed by atoms with Crippen LogP contribution in [0.4, 0.5) is 0 Å². The third-order valence-electron chi connectivity index (χ3n) is 4.02. The molecule has 2 aromatic rings. The fourth-order valence-electron chi connectivity index (χ4n) is 2.89. The van der Waals surface area contributed by atoms with Crippen LogP contribution in [0.15, 0.2) is 16.9 Å². The van der Waals surface area contributed by atoms with Crippen molar-refractivity contribution in [1.29, 1.82) is 0 Å². The smallest absolute Gasteiger partial charge is 0.257 e. The van der Waals surface area contributed by atoms with E-state index in [-0.39, 0.29) is 12.5 Å². The Morgan fingerprint density at radius 2 is 2.33 bits per heavy atom. The Morgan fingerprint density at radius 3 is 2.95 bits per heavy atom. The minimum atomic E-state index is -1.15. The fourth-order valence-corrected chi connectivity index (χ4v) is 2.89. The molecule has 0 radical (unpaired) electrons. The first-order chi connectivity index (χ1) is 10.0. The highest BCUT2D eigenvalue weighted by Crippen LogP contribution is 2.31. The first-order valence-electron chi connectivity index (χ1n) is 6.94. The molecule has 0 aliphatic carbocycles. The molecule has 2 N–H and O–H groups in total. The van der Waals surface area contributed by atoms with Crippen LogP contribution in [0.3, 0.4) is 0 Å². The summed E-state index contributed by atoms with van der Waals surface area (Å²) in [5, 5.41) is 20.9. The number of β-amino-alcohol motifs (C(OH)–C–C–N with tert-alkyl or cyclic N) is 1. The Hall–Kier alpha value is -2.15. The molecule has 112 valence electrons. The second-order valence-corrected chi connectivity index (χ2v) is 5.57. The van der Waals surface area contributed by atoms with Crippen LogP contribution in [0.5, 0.6) is 0 Å². The first-order valence-corrected chi connectivity index (χ1v) is 6.94. The van der Waals surface area contributed by atoms with Gasteiger partial charge in [0.1, 0.15) is 17.1 Å². The van der Waals surface area contributed by atoms with Crippen LogP contribution >= 0.6 is 0 Å². The lowest BCUT2D eigenvalue weighted by molar-refractivity contribution is -0.0321. The normalized spacial score (nSPS) is 22.5. The van der Waals surface area contributed by atoms with Crippen molar-refractivity contribution in [2.24, 2.45) is 0 Å². The molecule has 3 rings (SSSR count). The van der Waals surface area contributed by atoms with E-state index in [0.717, 1.165) is 5.56 Å². The Bertz CT molecular complexity index is 630. The van der Waals surface area contributed by atoms with Crippen LogP contribution in [0.2, 0.25) is 0 Å². The highest BCUT2D eigenvalue weighted by Gasteiger charge is 2.39. The number of carbonyl (C=O) groups is 1. The fraction of sp³-hybridized carbons (Fsp3) is 0.500. The number of aromatic nitrogens is 3. The number of furan rings is 1. The van der Waals surface area contributed by atoms with Gasteiger partial charge in [-0.25, -0.2) is 0 Å². The number of hydrogen-bond donors (Lipinski definition) is 2. The van der Waals surface area contributed by atoms with E-state index in [4.69, 9.17) is 4.42 Å². The molecule has 0 bridgehead atoms. The third-order valence-corrected chi connectivity index (χ3v) is 4.02. The summed E-state index contributed by atoms with van der Waals surface area (Å²) in [6.07, 6.45) is 4.36. The number of amides is 1. The number of rotatable bonds is 2. The quantitative estimate of drug-likeness (QED) is 0.864. The highest BCUT2D eigenvalue weighted by molar-refractivity contribution is 5.96.